The molecule has 0 aliphatic carbocycles. The zero-order chi connectivity index (χ0) is 13.8. The average molecular weight is 356 g/mol. The van der Waals surface area contributed by atoms with Gasteiger partial charge in [0.15, 0.2) is 0 Å². The first-order chi connectivity index (χ1) is 9.10. The normalized spacial score (nSPS) is 10.0. The van der Waals surface area contributed by atoms with Crippen LogP contribution in [0.3, 0.4) is 0 Å². The molecule has 0 atom stereocenters. The van der Waals surface area contributed by atoms with Crippen LogP contribution in [-0.2, 0) is 6.54 Å². The van der Waals surface area contributed by atoms with Crippen molar-refractivity contribution in [1.29, 1.82) is 5.26 Å². The largest absolute Gasteiger partial charge is 0.380 e. The maximum atomic E-state index is 8.78. The second-order valence-corrected chi connectivity index (χ2v) is 5.59. The third-order valence-corrected chi connectivity index (χ3v) is 3.87. The second-order valence-electron chi connectivity index (χ2n) is 3.90. The lowest BCUT2D eigenvalue weighted by atomic mass is 10.2. The molecule has 2 rings (SSSR count). The predicted molar refractivity (Wildman–Crippen MR) is 82.6 cm³/mol. The molecule has 2 nitrogen and oxygen atoms in total. The standard InChI is InChI=1S/C14H9BrCl2N2/c15-12-6-11(16)3-2-10(12)8-19-14-4-1-9(7-18)5-13(14)17/h1-6,19H,8H2. The fourth-order valence-corrected chi connectivity index (χ4v) is 2.65. The van der Waals surface area contributed by atoms with Gasteiger partial charge in [0.2, 0.25) is 0 Å². The van der Waals surface area contributed by atoms with Crippen LogP contribution < -0.4 is 5.32 Å². The van der Waals surface area contributed by atoms with Gasteiger partial charge in [0, 0.05) is 16.0 Å². The van der Waals surface area contributed by atoms with Gasteiger partial charge in [-0.3, -0.25) is 0 Å². The van der Waals surface area contributed by atoms with E-state index in [-0.39, 0.29) is 0 Å². The molecule has 2 aromatic rings. The van der Waals surface area contributed by atoms with Crippen LogP contribution in [0.5, 0.6) is 0 Å². The lowest BCUT2D eigenvalue weighted by molar-refractivity contribution is 1.14. The Kier molecular flexibility index (Phi) is 4.71. The number of rotatable bonds is 3. The van der Waals surface area contributed by atoms with Crippen LogP contribution in [0.4, 0.5) is 5.69 Å². The molecule has 0 aliphatic heterocycles. The van der Waals surface area contributed by atoms with E-state index in [1.54, 1.807) is 18.2 Å². The smallest absolute Gasteiger partial charge is 0.0992 e. The summed E-state index contributed by atoms with van der Waals surface area (Å²) in [4.78, 5) is 0. The molecule has 0 unspecified atom stereocenters. The van der Waals surface area contributed by atoms with Crippen molar-refractivity contribution in [3.8, 4) is 6.07 Å². The molecule has 0 saturated carbocycles. The fourth-order valence-electron chi connectivity index (χ4n) is 1.58. The van der Waals surface area contributed by atoms with E-state index in [0.717, 1.165) is 15.7 Å². The Hall–Kier alpha value is -1.21. The van der Waals surface area contributed by atoms with Crippen molar-refractivity contribution in [2.45, 2.75) is 6.54 Å². The molecule has 96 valence electrons. The summed E-state index contributed by atoms with van der Waals surface area (Å²) >= 11 is 15.4. The molecule has 0 saturated heterocycles. The van der Waals surface area contributed by atoms with Crippen LogP contribution in [0.2, 0.25) is 10.0 Å². The second kappa shape index (κ2) is 6.29. The van der Waals surface area contributed by atoms with Crippen LogP contribution in [0, 0.1) is 11.3 Å². The number of hydrogen-bond donors (Lipinski definition) is 1. The van der Waals surface area contributed by atoms with Crippen molar-refractivity contribution in [1.82, 2.24) is 0 Å². The Bertz CT molecular complexity index is 650. The maximum Gasteiger partial charge on any atom is 0.0992 e. The highest BCUT2D eigenvalue weighted by molar-refractivity contribution is 9.10. The Labute approximate surface area is 130 Å². The van der Waals surface area contributed by atoms with Gasteiger partial charge in [-0.1, -0.05) is 45.2 Å². The van der Waals surface area contributed by atoms with Gasteiger partial charge in [0.05, 0.1) is 22.3 Å². The van der Waals surface area contributed by atoms with E-state index in [0.29, 0.717) is 22.2 Å². The SMILES string of the molecule is N#Cc1ccc(NCc2ccc(Cl)cc2Br)c(Cl)c1. The molecule has 0 aromatic heterocycles. The molecule has 0 spiro atoms. The van der Waals surface area contributed by atoms with Crippen LogP contribution in [0.25, 0.3) is 0 Å². The molecule has 0 aliphatic rings. The monoisotopic (exact) mass is 354 g/mol. The van der Waals surface area contributed by atoms with E-state index < -0.39 is 0 Å². The number of nitrogens with zero attached hydrogens (tertiary/aromatic N) is 1. The quantitative estimate of drug-likeness (QED) is 0.817. The zero-order valence-electron chi connectivity index (χ0n) is 9.75. The highest BCUT2D eigenvalue weighted by Gasteiger charge is 2.04. The van der Waals surface area contributed by atoms with Gasteiger partial charge in [0.1, 0.15) is 0 Å². The summed E-state index contributed by atoms with van der Waals surface area (Å²) in [5.41, 5.74) is 2.41. The van der Waals surface area contributed by atoms with Gasteiger partial charge in [-0.15, -0.1) is 0 Å². The summed E-state index contributed by atoms with van der Waals surface area (Å²) in [5.74, 6) is 0. The van der Waals surface area contributed by atoms with E-state index in [1.165, 1.54) is 0 Å². The third kappa shape index (κ3) is 3.63. The van der Waals surface area contributed by atoms with Crippen LogP contribution in [0.15, 0.2) is 40.9 Å². The first kappa shape index (κ1) is 14.2. The van der Waals surface area contributed by atoms with Gasteiger partial charge in [-0.25, -0.2) is 0 Å². The molecule has 0 bridgehead atoms. The van der Waals surface area contributed by atoms with Gasteiger partial charge >= 0.3 is 0 Å². The number of hydrogen-bond acceptors (Lipinski definition) is 2. The van der Waals surface area contributed by atoms with Crippen molar-refractivity contribution >= 4 is 44.8 Å². The fraction of sp³-hybridized carbons (Fsp3) is 0.0714. The Morgan fingerprint density at radius 1 is 1.16 bits per heavy atom. The Morgan fingerprint density at radius 3 is 2.58 bits per heavy atom. The van der Waals surface area contributed by atoms with Crippen molar-refractivity contribution in [3.05, 3.63) is 62.0 Å². The molecular formula is C14H9BrCl2N2. The molecule has 0 amide bonds. The lowest BCUT2D eigenvalue weighted by Gasteiger charge is -2.10. The van der Waals surface area contributed by atoms with Crippen molar-refractivity contribution in [3.63, 3.8) is 0 Å². The topological polar surface area (TPSA) is 35.8 Å². The molecule has 0 heterocycles. The summed E-state index contributed by atoms with van der Waals surface area (Å²) < 4.78 is 0.942. The minimum Gasteiger partial charge on any atom is -0.380 e. The number of anilines is 1. The van der Waals surface area contributed by atoms with E-state index >= 15 is 0 Å². The predicted octanol–water partition coefficient (Wildman–Crippen LogP) is 5.24. The molecule has 5 heteroatoms. The number of halogens is 3. The Morgan fingerprint density at radius 2 is 1.95 bits per heavy atom. The van der Waals surface area contributed by atoms with E-state index in [2.05, 4.69) is 21.2 Å². The van der Waals surface area contributed by atoms with Gasteiger partial charge < -0.3 is 5.32 Å². The third-order valence-electron chi connectivity index (χ3n) is 2.58. The number of nitrogens with one attached hydrogen (secondary N) is 1. The average Bonchev–Trinajstić information content (AvgIpc) is 2.39. The van der Waals surface area contributed by atoms with Crippen LogP contribution in [0.1, 0.15) is 11.1 Å². The number of benzene rings is 2. The van der Waals surface area contributed by atoms with Crippen LogP contribution in [-0.4, -0.2) is 0 Å². The van der Waals surface area contributed by atoms with Crippen molar-refractivity contribution in [2.24, 2.45) is 0 Å². The molecular weight excluding hydrogens is 347 g/mol. The molecule has 1 N–H and O–H groups in total. The van der Waals surface area contributed by atoms with Crippen LogP contribution >= 0.6 is 39.1 Å². The highest BCUT2D eigenvalue weighted by Crippen LogP contribution is 2.26. The van der Waals surface area contributed by atoms with Crippen molar-refractivity contribution < 1.29 is 0 Å². The summed E-state index contributed by atoms with van der Waals surface area (Å²) in [6.45, 7) is 0.614. The summed E-state index contributed by atoms with van der Waals surface area (Å²) in [6, 6.07) is 12.8. The van der Waals surface area contributed by atoms with E-state index in [9.17, 15) is 0 Å². The zero-order valence-corrected chi connectivity index (χ0v) is 12.9. The number of nitriles is 1. The molecule has 2 aromatic carbocycles. The molecule has 19 heavy (non-hydrogen) atoms. The molecule has 0 fully saturated rings. The van der Waals surface area contributed by atoms with E-state index in [1.807, 2.05) is 24.3 Å². The maximum absolute atomic E-state index is 8.78. The Balaban J connectivity index is 2.13. The van der Waals surface area contributed by atoms with Gasteiger partial charge in [-0.05, 0) is 35.9 Å². The van der Waals surface area contributed by atoms with Gasteiger partial charge in [-0.2, -0.15) is 5.26 Å². The minimum absolute atomic E-state index is 0.532. The highest BCUT2D eigenvalue weighted by atomic mass is 79.9. The summed E-state index contributed by atoms with van der Waals surface area (Å²) in [7, 11) is 0. The lowest BCUT2D eigenvalue weighted by Crippen LogP contribution is -2.00. The molecule has 0 radical (unpaired) electrons. The summed E-state index contributed by atoms with van der Waals surface area (Å²) in [6.07, 6.45) is 0. The van der Waals surface area contributed by atoms with Crippen molar-refractivity contribution in [2.75, 3.05) is 5.32 Å². The van der Waals surface area contributed by atoms with Gasteiger partial charge in [0.25, 0.3) is 0 Å². The first-order valence-corrected chi connectivity index (χ1v) is 7.02. The van der Waals surface area contributed by atoms with E-state index in [4.69, 9.17) is 28.5 Å². The first-order valence-electron chi connectivity index (χ1n) is 5.47. The summed E-state index contributed by atoms with van der Waals surface area (Å²) in [5, 5.41) is 13.2. The minimum atomic E-state index is 0.532.